The van der Waals surface area contributed by atoms with Crippen molar-refractivity contribution in [1.29, 1.82) is 5.26 Å². The van der Waals surface area contributed by atoms with Crippen molar-refractivity contribution in [2.45, 2.75) is 43.8 Å². The van der Waals surface area contributed by atoms with Gasteiger partial charge in [-0.05, 0) is 31.0 Å². The van der Waals surface area contributed by atoms with Gasteiger partial charge in [0, 0.05) is 12.3 Å². The van der Waals surface area contributed by atoms with Gasteiger partial charge in [-0.3, -0.25) is 19.5 Å². The molecule has 4 rings (SSSR count). The number of carbonyl (C=O) groups is 4. The number of nitrogens with zero attached hydrogens (tertiary/aromatic N) is 4. The number of likely N-dealkylation sites (tertiary alicyclic amines) is 1. The second-order valence-corrected chi connectivity index (χ2v) is 9.60. The first-order chi connectivity index (χ1) is 17.9. The molecule has 1 aromatic rings. The molecule has 0 unspecified atom stereocenters. The van der Waals surface area contributed by atoms with E-state index in [9.17, 15) is 27.6 Å². The molecule has 0 aromatic heterocycles. The van der Waals surface area contributed by atoms with Crippen LogP contribution in [0.2, 0.25) is 0 Å². The van der Waals surface area contributed by atoms with Crippen molar-refractivity contribution < 1.29 is 42.2 Å². The number of halogens is 3. The van der Waals surface area contributed by atoms with Crippen LogP contribution in [0.3, 0.4) is 0 Å². The number of amides is 2. The highest BCUT2D eigenvalue weighted by atomic mass is 32.2. The standard InChI is InChI=1S/C22H24N4O4S.C2HF3O2/c1-4-22(20(29)30-3)17-16(18(27)25(5-2)19(17)28)15-11-24-21(26(15)22)31-12-14-8-6-13(10-23)7-9-14;3-2(4,5)1(6)7/h6-9,15-17H,4-5,11-12H2,1-3H3;(H,6,7)/t15-,16+,17-,22-;/m1./s1. The molecule has 1 N–H and O–H groups in total. The minimum atomic E-state index is -5.08. The van der Waals surface area contributed by atoms with E-state index >= 15 is 0 Å². The lowest BCUT2D eigenvalue weighted by Crippen LogP contribution is -2.59. The number of aliphatic imine (C=N–C) groups is 1. The molecule has 3 aliphatic heterocycles. The van der Waals surface area contributed by atoms with Crippen molar-refractivity contribution in [2.75, 3.05) is 20.2 Å². The summed E-state index contributed by atoms with van der Waals surface area (Å²) in [5, 5.41) is 16.7. The van der Waals surface area contributed by atoms with Crippen LogP contribution in [0, 0.1) is 23.2 Å². The number of carbonyl (C=O) groups excluding carboxylic acids is 3. The van der Waals surface area contributed by atoms with Crippen LogP contribution in [0.5, 0.6) is 0 Å². The topological polar surface area (TPSA) is 140 Å². The van der Waals surface area contributed by atoms with E-state index in [4.69, 9.17) is 19.9 Å². The minimum absolute atomic E-state index is 0.222. The average Bonchev–Trinajstić information content (AvgIpc) is 3.51. The van der Waals surface area contributed by atoms with Crippen LogP contribution in [0.1, 0.15) is 31.4 Å². The van der Waals surface area contributed by atoms with E-state index < -0.39 is 35.5 Å². The van der Waals surface area contributed by atoms with Gasteiger partial charge in [-0.2, -0.15) is 18.4 Å². The molecule has 0 aliphatic carbocycles. The van der Waals surface area contributed by atoms with Crippen molar-refractivity contribution in [3.8, 4) is 6.07 Å². The summed E-state index contributed by atoms with van der Waals surface area (Å²) in [4.78, 5) is 56.1. The van der Waals surface area contributed by atoms with Crippen molar-refractivity contribution in [3.05, 3.63) is 35.4 Å². The first-order valence-corrected chi connectivity index (χ1v) is 12.6. The van der Waals surface area contributed by atoms with E-state index in [1.807, 2.05) is 24.0 Å². The smallest absolute Gasteiger partial charge is 0.475 e. The monoisotopic (exact) mass is 554 g/mol. The van der Waals surface area contributed by atoms with E-state index in [1.165, 1.54) is 23.8 Å². The molecular weight excluding hydrogens is 529 g/mol. The highest BCUT2D eigenvalue weighted by Crippen LogP contribution is 2.53. The Morgan fingerprint density at radius 3 is 2.32 bits per heavy atom. The summed E-state index contributed by atoms with van der Waals surface area (Å²) in [5.41, 5.74) is 0.361. The van der Waals surface area contributed by atoms with Gasteiger partial charge in [0.15, 0.2) is 10.7 Å². The van der Waals surface area contributed by atoms with Crippen LogP contribution in [0.15, 0.2) is 29.3 Å². The Labute approximate surface area is 220 Å². The quantitative estimate of drug-likeness (QED) is 0.429. The van der Waals surface area contributed by atoms with Gasteiger partial charge >= 0.3 is 18.1 Å². The van der Waals surface area contributed by atoms with Gasteiger partial charge in [0.1, 0.15) is 0 Å². The highest BCUT2D eigenvalue weighted by molar-refractivity contribution is 8.13. The summed E-state index contributed by atoms with van der Waals surface area (Å²) < 4.78 is 36.9. The number of hydrogen-bond acceptors (Lipinski definition) is 9. The predicted octanol–water partition coefficient (Wildman–Crippen LogP) is 2.42. The molecular formula is C24H25F3N4O6S. The number of hydrogen-bond donors (Lipinski definition) is 1. The van der Waals surface area contributed by atoms with Gasteiger partial charge in [0.2, 0.25) is 11.8 Å². The predicted molar refractivity (Wildman–Crippen MR) is 128 cm³/mol. The number of esters is 1. The summed E-state index contributed by atoms with van der Waals surface area (Å²) in [6, 6.07) is 9.06. The number of amidine groups is 1. The summed E-state index contributed by atoms with van der Waals surface area (Å²) in [6.45, 7) is 4.28. The van der Waals surface area contributed by atoms with Crippen molar-refractivity contribution in [1.82, 2.24) is 9.80 Å². The molecule has 14 heteroatoms. The molecule has 10 nitrogen and oxygen atoms in total. The largest absolute Gasteiger partial charge is 0.490 e. The van der Waals surface area contributed by atoms with Gasteiger partial charge in [-0.15, -0.1) is 0 Å². The Hall–Kier alpha value is -3.60. The Bertz CT molecular complexity index is 1200. The minimum Gasteiger partial charge on any atom is -0.475 e. The van der Waals surface area contributed by atoms with Crippen LogP contribution in [-0.4, -0.2) is 81.8 Å². The lowest BCUT2D eigenvalue weighted by atomic mass is 9.78. The van der Waals surface area contributed by atoms with E-state index in [-0.39, 0.29) is 17.9 Å². The van der Waals surface area contributed by atoms with E-state index in [1.54, 1.807) is 19.1 Å². The molecule has 0 radical (unpaired) electrons. The van der Waals surface area contributed by atoms with Crippen molar-refractivity contribution in [2.24, 2.45) is 16.8 Å². The number of benzene rings is 1. The normalized spacial score (nSPS) is 25.7. The Morgan fingerprint density at radius 2 is 1.84 bits per heavy atom. The molecule has 4 atom stereocenters. The number of fused-ring (bicyclic) bond motifs is 3. The van der Waals surface area contributed by atoms with Crippen LogP contribution in [0.25, 0.3) is 0 Å². The number of methoxy groups -OCH3 is 1. The van der Waals surface area contributed by atoms with Crippen molar-refractivity contribution in [3.63, 3.8) is 0 Å². The van der Waals surface area contributed by atoms with Crippen LogP contribution < -0.4 is 0 Å². The lowest BCUT2D eigenvalue weighted by molar-refractivity contribution is -0.192. The second kappa shape index (κ2) is 11.0. The maximum absolute atomic E-state index is 13.2. The van der Waals surface area contributed by atoms with E-state index in [2.05, 4.69) is 11.1 Å². The molecule has 0 bridgehead atoms. The number of carboxylic acid groups (broad SMARTS) is 1. The molecule has 0 spiro atoms. The molecule has 3 aliphatic rings. The summed E-state index contributed by atoms with van der Waals surface area (Å²) in [6.07, 6.45) is -4.75. The summed E-state index contributed by atoms with van der Waals surface area (Å²) in [7, 11) is 1.32. The molecule has 0 saturated carbocycles. The van der Waals surface area contributed by atoms with E-state index in [0.29, 0.717) is 36.0 Å². The maximum Gasteiger partial charge on any atom is 0.490 e. The molecule has 2 saturated heterocycles. The number of alkyl halides is 3. The second-order valence-electron chi connectivity index (χ2n) is 8.65. The fourth-order valence-electron chi connectivity index (χ4n) is 5.19. The number of ether oxygens (including phenoxy) is 1. The molecule has 204 valence electrons. The fourth-order valence-corrected chi connectivity index (χ4v) is 6.28. The first-order valence-electron chi connectivity index (χ1n) is 11.6. The summed E-state index contributed by atoms with van der Waals surface area (Å²) >= 11 is 1.47. The zero-order chi connectivity index (χ0) is 28.4. The third-order valence-electron chi connectivity index (χ3n) is 6.84. The number of nitriles is 1. The fraction of sp³-hybridized carbons (Fsp3) is 0.500. The Kier molecular flexibility index (Phi) is 8.40. The number of carboxylic acids is 1. The van der Waals surface area contributed by atoms with Gasteiger partial charge < -0.3 is 14.7 Å². The summed E-state index contributed by atoms with van der Waals surface area (Å²) in [5.74, 6) is -4.54. The number of thioether (sulfide) groups is 1. The van der Waals surface area contributed by atoms with Gasteiger partial charge in [-0.25, -0.2) is 9.59 Å². The molecule has 2 amide bonds. The average molecular weight is 555 g/mol. The number of aliphatic carboxylic acids is 1. The van der Waals surface area contributed by atoms with Crippen LogP contribution in [0.4, 0.5) is 13.2 Å². The molecule has 3 heterocycles. The lowest BCUT2D eigenvalue weighted by Gasteiger charge is -2.39. The SMILES string of the molecule is CCN1C(=O)[C@H]2[C@H]3CN=C(SCc4ccc(C#N)cc4)N3[C@@](CC)(C(=O)OC)[C@H]2C1=O.O=C(O)C(F)(F)F. The highest BCUT2D eigenvalue weighted by Gasteiger charge is 2.73. The molecule has 2 fully saturated rings. The van der Waals surface area contributed by atoms with E-state index in [0.717, 1.165) is 5.56 Å². The Balaban J connectivity index is 0.000000505. The Morgan fingerprint density at radius 1 is 1.24 bits per heavy atom. The third kappa shape index (κ3) is 4.82. The zero-order valence-corrected chi connectivity index (χ0v) is 21.5. The van der Waals surface area contributed by atoms with Gasteiger partial charge in [-0.1, -0.05) is 30.8 Å². The number of rotatable bonds is 5. The molecule has 1 aromatic carbocycles. The zero-order valence-electron chi connectivity index (χ0n) is 20.7. The third-order valence-corrected chi connectivity index (χ3v) is 7.90. The molecule has 38 heavy (non-hydrogen) atoms. The van der Waals surface area contributed by atoms with Crippen LogP contribution in [-0.2, 0) is 29.7 Å². The first kappa shape index (κ1) is 29.0. The van der Waals surface area contributed by atoms with Crippen LogP contribution >= 0.6 is 11.8 Å². The maximum atomic E-state index is 13.2. The van der Waals surface area contributed by atoms with Crippen molar-refractivity contribution >= 4 is 40.7 Å². The van der Waals surface area contributed by atoms with Gasteiger partial charge in [0.25, 0.3) is 0 Å². The number of imide groups is 1. The van der Waals surface area contributed by atoms with Gasteiger partial charge in [0.05, 0.1) is 43.2 Å².